The van der Waals surface area contributed by atoms with Crippen molar-refractivity contribution in [1.82, 2.24) is 0 Å². The fourth-order valence-electron chi connectivity index (χ4n) is 2.98. The van der Waals surface area contributed by atoms with Gasteiger partial charge in [0, 0.05) is 5.92 Å². The molecule has 0 aliphatic heterocycles. The van der Waals surface area contributed by atoms with E-state index >= 15 is 0 Å². The van der Waals surface area contributed by atoms with Crippen LogP contribution in [-0.4, -0.2) is 28.4 Å². The molecule has 1 fully saturated rings. The molecule has 1 saturated carbocycles. The highest BCUT2D eigenvalue weighted by Gasteiger charge is 2.67. The number of fused-ring (bicyclic) bond motifs is 2. The van der Waals surface area contributed by atoms with Crippen molar-refractivity contribution >= 4 is 58.0 Å². The van der Waals surface area contributed by atoms with Crippen LogP contribution in [0.1, 0.15) is 17.9 Å². The summed E-state index contributed by atoms with van der Waals surface area (Å²) in [6.07, 6.45) is 0.115. The average Bonchev–Trinajstić information content (AvgIpc) is 2.53. The largest absolute Gasteiger partial charge is 0.497 e. The van der Waals surface area contributed by atoms with E-state index in [-0.39, 0.29) is 16.5 Å². The number of benzene rings is 1. The van der Waals surface area contributed by atoms with Gasteiger partial charge in [0.25, 0.3) is 0 Å². The number of rotatable bonds is 2. The highest BCUT2D eigenvalue weighted by atomic mass is 35.5. The summed E-state index contributed by atoms with van der Waals surface area (Å²) in [7, 11) is 1.55. The van der Waals surface area contributed by atoms with E-state index in [4.69, 9.17) is 51.1 Å². The fourth-order valence-corrected chi connectivity index (χ4v) is 4.48. The molecule has 22 heavy (non-hydrogen) atoms. The van der Waals surface area contributed by atoms with E-state index in [1.807, 2.05) is 0 Å². The van der Waals surface area contributed by atoms with Gasteiger partial charge in [-0.15, -0.1) is 23.2 Å². The summed E-state index contributed by atoms with van der Waals surface area (Å²) < 4.78 is 5.10. The summed E-state index contributed by atoms with van der Waals surface area (Å²) in [4.78, 5) is 21.3. The van der Waals surface area contributed by atoms with E-state index < -0.39 is 27.2 Å². The molecule has 1 aromatic carbocycles. The molecule has 3 aliphatic rings. The highest BCUT2D eigenvalue weighted by Crippen LogP contribution is 2.61. The number of methoxy groups -OCH3 is 1. The highest BCUT2D eigenvalue weighted by molar-refractivity contribution is 6.70. The molecular weight excluding hydrogens is 370 g/mol. The van der Waals surface area contributed by atoms with E-state index in [1.54, 1.807) is 31.4 Å². The van der Waals surface area contributed by atoms with Crippen LogP contribution in [0, 0.1) is 0 Å². The van der Waals surface area contributed by atoms with Crippen LogP contribution < -0.4 is 4.74 Å². The lowest BCUT2D eigenvalue weighted by atomic mass is 9.64. The molecule has 2 bridgehead atoms. The first kappa shape index (κ1) is 16.1. The Morgan fingerprint density at radius 2 is 1.64 bits per heavy atom. The molecule has 0 spiro atoms. The number of alkyl halides is 2. The smallest absolute Gasteiger partial charge is 0.227 e. The van der Waals surface area contributed by atoms with Gasteiger partial charge in [0.15, 0.2) is 4.87 Å². The van der Waals surface area contributed by atoms with Crippen molar-refractivity contribution in [3.05, 3.63) is 39.9 Å². The molecule has 0 aromatic heterocycles. The minimum Gasteiger partial charge on any atom is -0.497 e. The van der Waals surface area contributed by atoms with Gasteiger partial charge in [-0.05, 0) is 24.1 Å². The zero-order valence-corrected chi connectivity index (χ0v) is 14.4. The summed E-state index contributed by atoms with van der Waals surface area (Å²) in [5.74, 6) is -1.50. The second kappa shape index (κ2) is 5.13. The maximum Gasteiger partial charge on any atom is 0.227 e. The summed E-state index contributed by atoms with van der Waals surface area (Å²) in [6, 6.07) is 7.02. The van der Waals surface area contributed by atoms with E-state index in [9.17, 15) is 9.59 Å². The third-order valence-electron chi connectivity index (χ3n) is 4.24. The number of halogens is 4. The van der Waals surface area contributed by atoms with Crippen LogP contribution in [0.5, 0.6) is 5.75 Å². The Bertz CT molecular complexity index is 712. The number of carbonyl (C=O) groups is 2. The molecule has 7 heteroatoms. The number of allylic oxidation sites excluding steroid dienone is 2. The summed E-state index contributed by atoms with van der Waals surface area (Å²) in [5, 5.41) is -0.123. The van der Waals surface area contributed by atoms with Gasteiger partial charge in [-0.3, -0.25) is 9.59 Å². The van der Waals surface area contributed by atoms with E-state index in [0.29, 0.717) is 5.75 Å². The van der Waals surface area contributed by atoms with Crippen molar-refractivity contribution in [1.29, 1.82) is 0 Å². The summed E-state index contributed by atoms with van der Waals surface area (Å²) >= 11 is 25.1. The fraction of sp³-hybridized carbons (Fsp3) is 0.333. The SMILES string of the molecule is COc1ccc([C@@H]2C[C@@]3(Cl)C(=O)C(=O)[C@]2(Cl)C(Cl)=C3Cl)cc1. The molecule has 3 nitrogen and oxygen atoms in total. The lowest BCUT2D eigenvalue weighted by Crippen LogP contribution is -2.62. The van der Waals surface area contributed by atoms with Gasteiger partial charge in [-0.1, -0.05) is 35.3 Å². The molecule has 4 rings (SSSR count). The Morgan fingerprint density at radius 1 is 1.05 bits per heavy atom. The molecule has 0 amide bonds. The Balaban J connectivity index is 2.16. The molecule has 3 aliphatic carbocycles. The zero-order chi connectivity index (χ0) is 16.3. The van der Waals surface area contributed by atoms with Crippen LogP contribution in [0.2, 0.25) is 0 Å². The monoisotopic (exact) mass is 378 g/mol. The first-order valence-electron chi connectivity index (χ1n) is 6.44. The summed E-state index contributed by atoms with van der Waals surface area (Å²) in [6.45, 7) is 0. The van der Waals surface area contributed by atoms with Crippen molar-refractivity contribution < 1.29 is 14.3 Å². The molecule has 116 valence electrons. The number of Topliss-reactive ketones (excluding diaryl/α,β-unsaturated/α-hetero) is 2. The second-order valence-corrected chi connectivity index (χ2v) is 7.33. The minimum atomic E-state index is -1.69. The van der Waals surface area contributed by atoms with Crippen molar-refractivity contribution in [2.75, 3.05) is 7.11 Å². The molecular formula is C15H10Cl4O3. The Hall–Kier alpha value is -0.740. The molecule has 0 heterocycles. The second-order valence-electron chi connectivity index (χ2n) is 5.33. The number of carbonyl (C=O) groups excluding carboxylic acids is 2. The van der Waals surface area contributed by atoms with Gasteiger partial charge in [0.1, 0.15) is 10.6 Å². The standard InChI is InChI=1S/C15H10Cl4O3/c1-22-8-4-2-7(3-5-8)9-6-14(18)10(16)11(17)15(9,19)13(21)12(14)20/h2-5,9H,6H2,1H3/t9-,14-,15+/m0/s1. The third-order valence-corrected chi connectivity index (χ3v) is 6.67. The van der Waals surface area contributed by atoms with E-state index in [2.05, 4.69) is 0 Å². The zero-order valence-electron chi connectivity index (χ0n) is 11.3. The topological polar surface area (TPSA) is 43.4 Å². The van der Waals surface area contributed by atoms with Gasteiger partial charge in [-0.2, -0.15) is 0 Å². The van der Waals surface area contributed by atoms with Crippen LogP contribution in [0.3, 0.4) is 0 Å². The van der Waals surface area contributed by atoms with Crippen LogP contribution in [-0.2, 0) is 9.59 Å². The number of ether oxygens (including phenoxy) is 1. The minimum absolute atomic E-state index is 0.0554. The number of hydrogen-bond acceptors (Lipinski definition) is 3. The van der Waals surface area contributed by atoms with Gasteiger partial charge >= 0.3 is 0 Å². The molecule has 0 unspecified atom stereocenters. The average molecular weight is 380 g/mol. The van der Waals surface area contributed by atoms with Crippen LogP contribution in [0.25, 0.3) is 0 Å². The molecule has 0 saturated heterocycles. The van der Waals surface area contributed by atoms with Gasteiger partial charge in [-0.25, -0.2) is 0 Å². The van der Waals surface area contributed by atoms with Crippen molar-refractivity contribution in [2.45, 2.75) is 22.1 Å². The predicted octanol–water partition coefficient (Wildman–Crippen LogP) is 3.98. The van der Waals surface area contributed by atoms with Gasteiger partial charge < -0.3 is 4.74 Å². The maximum absolute atomic E-state index is 12.4. The van der Waals surface area contributed by atoms with Crippen LogP contribution in [0.4, 0.5) is 0 Å². The lowest BCUT2D eigenvalue weighted by Gasteiger charge is -2.48. The van der Waals surface area contributed by atoms with Gasteiger partial charge in [0.05, 0.1) is 17.2 Å². The first-order chi connectivity index (χ1) is 10.3. The van der Waals surface area contributed by atoms with Gasteiger partial charge in [0.2, 0.25) is 11.6 Å². The molecule has 1 aromatic rings. The Labute approximate surface area is 147 Å². The Kier molecular flexibility index (Phi) is 3.76. The summed E-state index contributed by atoms with van der Waals surface area (Å²) in [5.41, 5.74) is 0.740. The van der Waals surface area contributed by atoms with Crippen LogP contribution in [0.15, 0.2) is 34.3 Å². The number of ketones is 2. The number of hydrogen-bond donors (Lipinski definition) is 0. The van der Waals surface area contributed by atoms with E-state index in [1.165, 1.54) is 0 Å². The first-order valence-corrected chi connectivity index (χ1v) is 7.95. The molecule has 0 N–H and O–H groups in total. The third kappa shape index (κ3) is 1.89. The lowest BCUT2D eigenvalue weighted by molar-refractivity contribution is -0.141. The Morgan fingerprint density at radius 3 is 2.18 bits per heavy atom. The van der Waals surface area contributed by atoms with Crippen molar-refractivity contribution in [3.8, 4) is 5.75 Å². The van der Waals surface area contributed by atoms with Crippen molar-refractivity contribution in [3.63, 3.8) is 0 Å². The predicted molar refractivity (Wildman–Crippen MR) is 86.3 cm³/mol. The maximum atomic E-state index is 12.4. The van der Waals surface area contributed by atoms with Crippen LogP contribution >= 0.6 is 46.4 Å². The molecule has 0 radical (unpaired) electrons. The quantitative estimate of drug-likeness (QED) is 0.576. The van der Waals surface area contributed by atoms with Crippen molar-refractivity contribution in [2.24, 2.45) is 0 Å². The molecule has 3 atom stereocenters. The normalized spacial score (nSPS) is 34.3. The van der Waals surface area contributed by atoms with E-state index in [0.717, 1.165) is 5.56 Å².